The molecule has 10 aliphatic rings. The third-order valence-electron chi connectivity index (χ3n) is 17.5. The van der Waals surface area contributed by atoms with Gasteiger partial charge in [0.25, 0.3) is 0 Å². The van der Waals surface area contributed by atoms with Crippen molar-refractivity contribution < 1.29 is 4.74 Å². The second-order valence-electron chi connectivity index (χ2n) is 19.2. The maximum atomic E-state index is 9.41. The van der Waals surface area contributed by atoms with E-state index in [0.29, 0.717) is 24.3 Å². The second kappa shape index (κ2) is 12.8. The number of hydrogen-bond donors (Lipinski definition) is 1. The summed E-state index contributed by atoms with van der Waals surface area (Å²) in [5.74, 6) is 7.73. The molecule has 13 unspecified atom stereocenters. The van der Waals surface area contributed by atoms with Gasteiger partial charge in [0, 0.05) is 42.7 Å². The van der Waals surface area contributed by atoms with Crippen molar-refractivity contribution in [3.8, 4) is 6.07 Å². The van der Waals surface area contributed by atoms with E-state index < -0.39 is 0 Å². The number of piperidine rings is 1. The van der Waals surface area contributed by atoms with E-state index in [1.54, 1.807) is 0 Å². The third-order valence-corrected chi connectivity index (χ3v) is 17.5. The number of hydrogen-bond acceptors (Lipinski definition) is 5. The monoisotopic (exact) mass is 643 g/mol. The highest BCUT2D eigenvalue weighted by molar-refractivity contribution is 5.13. The summed E-state index contributed by atoms with van der Waals surface area (Å²) in [7, 11) is 0. The molecule has 1 N–H and O–H groups in total. The lowest BCUT2D eigenvalue weighted by Gasteiger charge is -2.49. The number of rotatable bonds is 3. The minimum absolute atomic E-state index is 0.348. The van der Waals surface area contributed by atoms with Crippen molar-refractivity contribution in [3.05, 3.63) is 0 Å². The van der Waals surface area contributed by atoms with Crippen LogP contribution in [0.2, 0.25) is 0 Å². The van der Waals surface area contributed by atoms with Crippen molar-refractivity contribution in [2.75, 3.05) is 6.54 Å². The van der Waals surface area contributed by atoms with Crippen LogP contribution in [0.15, 0.2) is 0 Å². The first kappa shape index (κ1) is 31.1. The van der Waals surface area contributed by atoms with Crippen LogP contribution in [0.4, 0.5) is 0 Å². The molecule has 47 heavy (non-hydrogen) atoms. The van der Waals surface area contributed by atoms with Gasteiger partial charge in [-0.2, -0.15) is 5.26 Å². The topological polar surface area (TPSA) is 51.5 Å². The Hall–Kier alpha value is -0.670. The summed E-state index contributed by atoms with van der Waals surface area (Å²) in [5, 5.41) is 13.8. The van der Waals surface area contributed by atoms with Gasteiger partial charge in [-0.05, 0) is 156 Å². The molecular weight excluding hydrogens is 576 g/mol. The molecule has 0 aromatic carbocycles. The molecule has 6 aliphatic carbocycles. The lowest BCUT2D eigenvalue weighted by atomic mass is 9.65. The van der Waals surface area contributed by atoms with Crippen LogP contribution < -0.4 is 5.32 Å². The summed E-state index contributed by atoms with van der Waals surface area (Å²) in [6, 6.07) is 6.66. The SMILES string of the molecule is N#CC1CCC(C2CCC(N3C4CCCCC4C4CC(N5C6CCCCC6C6CC7C(CC65)OC5CCCCC57)NCC43)CC2)CC1. The molecule has 10 fully saturated rings. The van der Waals surface area contributed by atoms with Crippen LogP contribution in [0.25, 0.3) is 0 Å². The summed E-state index contributed by atoms with van der Waals surface area (Å²) in [6.45, 7) is 1.25. The second-order valence-corrected chi connectivity index (χ2v) is 19.2. The minimum Gasteiger partial charge on any atom is -0.374 e. The lowest BCUT2D eigenvalue weighted by molar-refractivity contribution is -0.0366. The zero-order valence-electron chi connectivity index (χ0n) is 29.5. The third kappa shape index (κ3) is 5.25. The summed E-state index contributed by atoms with van der Waals surface area (Å²) in [5.41, 5.74) is 0. The molecule has 0 amide bonds. The smallest absolute Gasteiger partial charge is 0.0655 e. The number of fused-ring (bicyclic) bond motifs is 9. The predicted octanol–water partition coefficient (Wildman–Crippen LogP) is 8.28. The molecule has 5 heteroatoms. The van der Waals surface area contributed by atoms with Gasteiger partial charge in [-0.15, -0.1) is 0 Å². The molecular formula is C42H66N4O. The van der Waals surface area contributed by atoms with Crippen LogP contribution in [0.5, 0.6) is 0 Å². The average molecular weight is 643 g/mol. The van der Waals surface area contributed by atoms with E-state index in [4.69, 9.17) is 4.74 Å². The largest absolute Gasteiger partial charge is 0.374 e. The van der Waals surface area contributed by atoms with E-state index in [2.05, 4.69) is 21.2 Å². The Bertz CT molecular complexity index is 1150. The first-order valence-corrected chi connectivity index (χ1v) is 21.6. The Kier molecular flexibility index (Phi) is 8.49. The van der Waals surface area contributed by atoms with Crippen LogP contribution in [-0.2, 0) is 4.74 Å². The predicted molar refractivity (Wildman–Crippen MR) is 186 cm³/mol. The maximum absolute atomic E-state index is 9.41. The van der Waals surface area contributed by atoms with Gasteiger partial charge < -0.3 is 10.1 Å². The van der Waals surface area contributed by atoms with Gasteiger partial charge in [0.05, 0.1) is 24.4 Å². The molecule has 0 bridgehead atoms. The Morgan fingerprint density at radius 3 is 1.83 bits per heavy atom. The molecule has 0 spiro atoms. The highest BCUT2D eigenvalue weighted by Gasteiger charge is 2.61. The molecule has 4 aliphatic heterocycles. The quantitative estimate of drug-likeness (QED) is 0.336. The molecule has 0 aromatic heterocycles. The van der Waals surface area contributed by atoms with Crippen LogP contribution >= 0.6 is 0 Å². The van der Waals surface area contributed by atoms with Crippen LogP contribution in [-0.4, -0.2) is 64.9 Å². The van der Waals surface area contributed by atoms with Crippen molar-refractivity contribution in [2.24, 2.45) is 53.3 Å². The van der Waals surface area contributed by atoms with E-state index >= 15 is 0 Å². The highest BCUT2D eigenvalue weighted by Crippen LogP contribution is 2.58. The van der Waals surface area contributed by atoms with Gasteiger partial charge >= 0.3 is 0 Å². The van der Waals surface area contributed by atoms with Crippen LogP contribution in [0.3, 0.4) is 0 Å². The Labute approximate surface area is 286 Å². The van der Waals surface area contributed by atoms with Gasteiger partial charge in [0.1, 0.15) is 0 Å². The van der Waals surface area contributed by atoms with Crippen molar-refractivity contribution in [3.63, 3.8) is 0 Å². The van der Waals surface area contributed by atoms with E-state index in [-0.39, 0.29) is 0 Å². The Morgan fingerprint density at radius 2 is 1.11 bits per heavy atom. The fraction of sp³-hybridized carbons (Fsp3) is 0.976. The van der Waals surface area contributed by atoms with E-state index in [0.717, 1.165) is 77.6 Å². The fourth-order valence-corrected chi connectivity index (χ4v) is 15.7. The number of nitrogens with zero attached hydrogens (tertiary/aromatic N) is 3. The minimum atomic E-state index is 0.348. The normalized spacial score (nSPS) is 54.7. The summed E-state index contributed by atoms with van der Waals surface area (Å²) < 4.78 is 6.98. The summed E-state index contributed by atoms with van der Waals surface area (Å²) in [6.07, 6.45) is 34.4. The number of nitriles is 1. The first-order chi connectivity index (χ1) is 23.2. The average Bonchev–Trinajstić information content (AvgIpc) is 3.77. The van der Waals surface area contributed by atoms with Crippen LogP contribution in [0.1, 0.15) is 148 Å². The Balaban J connectivity index is 0.849. The Morgan fingerprint density at radius 1 is 0.489 bits per heavy atom. The van der Waals surface area contributed by atoms with Crippen molar-refractivity contribution >= 4 is 0 Å². The van der Waals surface area contributed by atoms with Crippen molar-refractivity contribution in [1.29, 1.82) is 5.26 Å². The lowest BCUT2D eigenvalue weighted by Crippen LogP contribution is -2.62. The molecule has 260 valence electrons. The van der Waals surface area contributed by atoms with Gasteiger partial charge in [0.2, 0.25) is 0 Å². The van der Waals surface area contributed by atoms with Crippen LogP contribution in [0, 0.1) is 64.6 Å². The molecule has 4 heterocycles. The maximum Gasteiger partial charge on any atom is 0.0655 e. The summed E-state index contributed by atoms with van der Waals surface area (Å²) >= 11 is 0. The molecule has 4 saturated heterocycles. The summed E-state index contributed by atoms with van der Waals surface area (Å²) in [4.78, 5) is 6.40. The van der Waals surface area contributed by atoms with Gasteiger partial charge in [-0.25, -0.2) is 0 Å². The van der Waals surface area contributed by atoms with E-state index in [9.17, 15) is 5.26 Å². The number of ether oxygens (including phenoxy) is 1. The highest BCUT2D eigenvalue weighted by atomic mass is 16.5. The van der Waals surface area contributed by atoms with Gasteiger partial charge in [-0.1, -0.05) is 38.5 Å². The first-order valence-electron chi connectivity index (χ1n) is 21.6. The zero-order chi connectivity index (χ0) is 31.1. The molecule has 0 radical (unpaired) electrons. The standard InChI is InChI=1S/C42H66N4O/c43-24-26-13-15-27(16-14-26)28-17-19-29(20-18-28)45-36-10-4-1-8-31(36)34-22-42(44-25-39(34)45)46-37-11-5-2-7-30(37)33-21-35-32-9-3-6-12-40(32)47-41(35)23-38(33)46/h26-42,44H,1-23,25H2. The molecule has 10 rings (SSSR count). The van der Waals surface area contributed by atoms with Crippen molar-refractivity contribution in [2.45, 2.75) is 196 Å². The van der Waals surface area contributed by atoms with Gasteiger partial charge in [-0.3, -0.25) is 9.80 Å². The van der Waals surface area contributed by atoms with Crippen molar-refractivity contribution in [1.82, 2.24) is 15.1 Å². The molecule has 0 aromatic rings. The number of likely N-dealkylation sites (tertiary alicyclic amines) is 2. The molecule has 6 saturated carbocycles. The molecule has 5 nitrogen and oxygen atoms in total. The fourth-order valence-electron chi connectivity index (χ4n) is 15.7. The number of nitrogens with one attached hydrogen (secondary N) is 1. The van der Waals surface area contributed by atoms with E-state index in [1.807, 2.05) is 0 Å². The van der Waals surface area contributed by atoms with Gasteiger partial charge in [0.15, 0.2) is 0 Å². The zero-order valence-corrected chi connectivity index (χ0v) is 29.5. The molecule has 13 atom stereocenters. The van der Waals surface area contributed by atoms with E-state index in [1.165, 1.54) is 154 Å².